The van der Waals surface area contributed by atoms with Gasteiger partial charge in [-0.2, -0.15) is 0 Å². The van der Waals surface area contributed by atoms with Gasteiger partial charge in [-0.05, 0) is 24.8 Å². The Morgan fingerprint density at radius 3 is 2.77 bits per heavy atom. The average Bonchev–Trinajstić information content (AvgIpc) is 2.58. The molecule has 1 aromatic rings. The molecule has 0 aliphatic heterocycles. The fraction of sp³-hybridized carbons (Fsp3) is 0.600. The van der Waals surface area contributed by atoms with Gasteiger partial charge in [-0.1, -0.05) is 13.8 Å². The van der Waals surface area contributed by atoms with Crippen molar-refractivity contribution in [2.45, 2.75) is 33.2 Å². The third kappa shape index (κ3) is 1.79. The fourth-order valence-corrected chi connectivity index (χ4v) is 1.43. The van der Waals surface area contributed by atoms with Gasteiger partial charge in [0.1, 0.15) is 11.6 Å². The minimum Gasteiger partial charge on any atom is -0.367 e. The van der Waals surface area contributed by atoms with E-state index in [9.17, 15) is 0 Å². The molecule has 1 aliphatic rings. The molecule has 3 nitrogen and oxygen atoms in total. The van der Waals surface area contributed by atoms with Crippen LogP contribution in [0.4, 0.5) is 5.82 Å². The largest absolute Gasteiger partial charge is 0.367 e. The van der Waals surface area contributed by atoms with Crippen molar-refractivity contribution in [2.24, 2.45) is 5.41 Å². The molecule has 70 valence electrons. The summed E-state index contributed by atoms with van der Waals surface area (Å²) in [5.41, 5.74) is 0.443. The third-order valence-corrected chi connectivity index (χ3v) is 2.61. The maximum atomic E-state index is 4.30. The second kappa shape index (κ2) is 2.69. The van der Waals surface area contributed by atoms with Crippen molar-refractivity contribution in [3.8, 4) is 0 Å². The standard InChI is InChI=1S/C10H15N3/c1-7-11-5-4-9(12-7)13-8-6-10(8,2)3/h4-5,8H,6H2,1-3H3,(H,11,12,13). The van der Waals surface area contributed by atoms with Crippen molar-refractivity contribution in [3.63, 3.8) is 0 Å². The van der Waals surface area contributed by atoms with E-state index < -0.39 is 0 Å². The SMILES string of the molecule is Cc1nccc(NC2CC2(C)C)n1. The number of nitrogens with one attached hydrogen (secondary N) is 1. The van der Waals surface area contributed by atoms with Crippen molar-refractivity contribution >= 4 is 5.82 Å². The number of anilines is 1. The van der Waals surface area contributed by atoms with Gasteiger partial charge in [0, 0.05) is 12.2 Å². The summed E-state index contributed by atoms with van der Waals surface area (Å²) >= 11 is 0. The van der Waals surface area contributed by atoms with Gasteiger partial charge in [-0.3, -0.25) is 0 Å². The Morgan fingerprint density at radius 1 is 1.54 bits per heavy atom. The summed E-state index contributed by atoms with van der Waals surface area (Å²) in [6.45, 7) is 6.43. The first-order chi connectivity index (χ1) is 6.08. The number of aromatic nitrogens is 2. The Balaban J connectivity index is 2.03. The predicted octanol–water partition coefficient (Wildman–Crippen LogP) is 2.00. The zero-order chi connectivity index (χ0) is 9.47. The van der Waals surface area contributed by atoms with Crippen molar-refractivity contribution in [3.05, 3.63) is 18.1 Å². The summed E-state index contributed by atoms with van der Waals surface area (Å²) in [5.74, 6) is 1.77. The van der Waals surface area contributed by atoms with Crippen LogP contribution in [0, 0.1) is 12.3 Å². The van der Waals surface area contributed by atoms with Crippen molar-refractivity contribution < 1.29 is 0 Å². The van der Waals surface area contributed by atoms with Gasteiger partial charge in [0.2, 0.25) is 0 Å². The molecule has 1 atom stereocenters. The summed E-state index contributed by atoms with van der Waals surface area (Å²) in [6.07, 6.45) is 3.02. The molecule has 2 rings (SSSR count). The molecule has 1 fully saturated rings. The van der Waals surface area contributed by atoms with E-state index in [-0.39, 0.29) is 0 Å². The Morgan fingerprint density at radius 2 is 2.23 bits per heavy atom. The number of hydrogen-bond acceptors (Lipinski definition) is 3. The fourth-order valence-electron chi connectivity index (χ4n) is 1.43. The predicted molar refractivity (Wildman–Crippen MR) is 52.6 cm³/mol. The Kier molecular flexibility index (Phi) is 1.75. The van der Waals surface area contributed by atoms with E-state index in [4.69, 9.17) is 0 Å². The van der Waals surface area contributed by atoms with Crippen LogP contribution in [0.1, 0.15) is 26.1 Å². The molecule has 1 saturated carbocycles. The lowest BCUT2D eigenvalue weighted by atomic mass is 10.2. The highest BCUT2D eigenvalue weighted by molar-refractivity contribution is 5.37. The molecule has 13 heavy (non-hydrogen) atoms. The Bertz CT molecular complexity index is 320. The van der Waals surface area contributed by atoms with Crippen LogP contribution in [0.5, 0.6) is 0 Å². The van der Waals surface area contributed by atoms with Crippen LogP contribution >= 0.6 is 0 Å². The van der Waals surface area contributed by atoms with Crippen LogP contribution in [-0.2, 0) is 0 Å². The molecule has 1 heterocycles. The normalized spacial score (nSPS) is 24.1. The molecule has 0 bridgehead atoms. The molecule has 3 heteroatoms. The topological polar surface area (TPSA) is 37.8 Å². The molecule has 0 amide bonds. The van der Waals surface area contributed by atoms with Gasteiger partial charge in [-0.25, -0.2) is 9.97 Å². The lowest BCUT2D eigenvalue weighted by Gasteiger charge is -2.06. The molecule has 0 saturated heterocycles. The van der Waals surface area contributed by atoms with Crippen molar-refractivity contribution in [2.75, 3.05) is 5.32 Å². The summed E-state index contributed by atoms with van der Waals surface area (Å²) in [6, 6.07) is 2.50. The number of aryl methyl sites for hydroxylation is 1. The van der Waals surface area contributed by atoms with Gasteiger partial charge < -0.3 is 5.32 Å². The number of nitrogens with zero attached hydrogens (tertiary/aromatic N) is 2. The Hall–Kier alpha value is -1.12. The molecule has 0 aromatic carbocycles. The van der Waals surface area contributed by atoms with Crippen LogP contribution in [0.15, 0.2) is 12.3 Å². The van der Waals surface area contributed by atoms with E-state index in [0.717, 1.165) is 11.6 Å². The van der Waals surface area contributed by atoms with Crippen LogP contribution in [0.2, 0.25) is 0 Å². The van der Waals surface area contributed by atoms with Crippen molar-refractivity contribution in [1.29, 1.82) is 0 Å². The molecule has 1 aliphatic carbocycles. The first-order valence-corrected chi connectivity index (χ1v) is 4.64. The van der Waals surface area contributed by atoms with Crippen LogP contribution in [0.25, 0.3) is 0 Å². The second-order valence-corrected chi connectivity index (χ2v) is 4.38. The summed E-state index contributed by atoms with van der Waals surface area (Å²) < 4.78 is 0. The van der Waals surface area contributed by atoms with E-state index in [1.54, 1.807) is 6.20 Å². The quantitative estimate of drug-likeness (QED) is 0.750. The van der Waals surface area contributed by atoms with E-state index in [0.29, 0.717) is 11.5 Å². The van der Waals surface area contributed by atoms with Crippen LogP contribution in [-0.4, -0.2) is 16.0 Å². The molecule has 0 radical (unpaired) electrons. The molecular weight excluding hydrogens is 162 g/mol. The lowest BCUT2D eigenvalue weighted by Crippen LogP contribution is -2.10. The minimum absolute atomic E-state index is 0.443. The van der Waals surface area contributed by atoms with E-state index in [2.05, 4.69) is 29.1 Å². The maximum Gasteiger partial charge on any atom is 0.129 e. The average molecular weight is 177 g/mol. The van der Waals surface area contributed by atoms with Gasteiger partial charge in [0.05, 0.1) is 0 Å². The summed E-state index contributed by atoms with van der Waals surface area (Å²) in [4.78, 5) is 8.35. The zero-order valence-electron chi connectivity index (χ0n) is 8.33. The van der Waals surface area contributed by atoms with E-state index in [1.807, 2.05) is 13.0 Å². The highest BCUT2D eigenvalue weighted by atomic mass is 15.1. The number of hydrogen-bond donors (Lipinski definition) is 1. The second-order valence-electron chi connectivity index (χ2n) is 4.38. The van der Waals surface area contributed by atoms with Crippen LogP contribution in [0.3, 0.4) is 0 Å². The molecule has 1 N–H and O–H groups in total. The maximum absolute atomic E-state index is 4.30. The lowest BCUT2D eigenvalue weighted by molar-refractivity contribution is 0.629. The van der Waals surface area contributed by atoms with Gasteiger partial charge in [0.25, 0.3) is 0 Å². The number of rotatable bonds is 2. The zero-order valence-corrected chi connectivity index (χ0v) is 8.33. The molecule has 1 aromatic heterocycles. The minimum atomic E-state index is 0.443. The highest BCUT2D eigenvalue weighted by Gasteiger charge is 2.45. The van der Waals surface area contributed by atoms with Crippen molar-refractivity contribution in [1.82, 2.24) is 9.97 Å². The first kappa shape index (κ1) is 8.48. The Labute approximate surface area is 78.6 Å². The smallest absolute Gasteiger partial charge is 0.129 e. The summed E-state index contributed by atoms with van der Waals surface area (Å²) in [7, 11) is 0. The first-order valence-electron chi connectivity index (χ1n) is 4.64. The molecule has 1 unspecified atom stereocenters. The monoisotopic (exact) mass is 177 g/mol. The summed E-state index contributed by atoms with van der Waals surface area (Å²) in [5, 5.41) is 3.40. The van der Waals surface area contributed by atoms with Gasteiger partial charge in [-0.15, -0.1) is 0 Å². The molecule has 0 spiro atoms. The van der Waals surface area contributed by atoms with Gasteiger partial charge >= 0.3 is 0 Å². The van der Waals surface area contributed by atoms with E-state index in [1.165, 1.54) is 6.42 Å². The van der Waals surface area contributed by atoms with Gasteiger partial charge in [0.15, 0.2) is 0 Å². The van der Waals surface area contributed by atoms with E-state index >= 15 is 0 Å². The van der Waals surface area contributed by atoms with Crippen LogP contribution < -0.4 is 5.32 Å². The third-order valence-electron chi connectivity index (χ3n) is 2.61. The highest BCUT2D eigenvalue weighted by Crippen LogP contribution is 2.46. The molecular formula is C10H15N3.